The number of ether oxygens (including phenoxy) is 1. The van der Waals surface area contributed by atoms with Crippen LogP contribution in [-0.2, 0) is 17.8 Å². The second-order valence-corrected chi connectivity index (χ2v) is 6.71. The van der Waals surface area contributed by atoms with Gasteiger partial charge in [0.25, 0.3) is 5.91 Å². The van der Waals surface area contributed by atoms with Crippen molar-refractivity contribution in [3.8, 4) is 5.75 Å². The minimum Gasteiger partial charge on any atom is -0.481 e. The minimum absolute atomic E-state index is 0.0384. The van der Waals surface area contributed by atoms with Crippen LogP contribution in [0.2, 0.25) is 0 Å². The third-order valence-electron chi connectivity index (χ3n) is 4.88. The molecule has 4 nitrogen and oxygen atoms in total. The minimum atomic E-state index is -0.491. The van der Waals surface area contributed by atoms with Crippen molar-refractivity contribution in [3.05, 3.63) is 65.4 Å². The van der Waals surface area contributed by atoms with Crippen LogP contribution in [0.5, 0.6) is 5.75 Å². The van der Waals surface area contributed by atoms with Gasteiger partial charge in [0.05, 0.1) is 0 Å². The molecule has 4 rings (SSSR count). The summed E-state index contributed by atoms with van der Waals surface area (Å²) in [6.45, 7) is 5.22. The van der Waals surface area contributed by atoms with E-state index in [1.165, 1.54) is 22.2 Å². The van der Waals surface area contributed by atoms with Crippen LogP contribution in [0.25, 0.3) is 10.9 Å². The van der Waals surface area contributed by atoms with Gasteiger partial charge in [-0.15, -0.1) is 0 Å². The highest BCUT2D eigenvalue weighted by molar-refractivity contribution is 5.86. The van der Waals surface area contributed by atoms with E-state index in [9.17, 15) is 4.79 Å². The second kappa shape index (κ2) is 6.28. The number of carbonyl (C=O) groups is 1. The van der Waals surface area contributed by atoms with E-state index in [0.29, 0.717) is 6.54 Å². The van der Waals surface area contributed by atoms with Crippen molar-refractivity contribution in [2.24, 2.45) is 0 Å². The lowest BCUT2D eigenvalue weighted by Crippen LogP contribution is -2.43. The van der Waals surface area contributed by atoms with E-state index in [-0.39, 0.29) is 5.91 Å². The Hall–Kier alpha value is -2.75. The summed E-state index contributed by atoms with van der Waals surface area (Å²) in [5.41, 5.74) is 4.80. The van der Waals surface area contributed by atoms with Gasteiger partial charge in [-0.05, 0) is 32.0 Å². The van der Waals surface area contributed by atoms with E-state index in [1.807, 2.05) is 55.1 Å². The Bertz CT molecular complexity index is 911. The summed E-state index contributed by atoms with van der Waals surface area (Å²) >= 11 is 0. The summed E-state index contributed by atoms with van der Waals surface area (Å²) in [5.74, 6) is 0.771. The molecule has 1 atom stereocenters. The van der Waals surface area contributed by atoms with E-state index in [4.69, 9.17) is 4.74 Å². The topological polar surface area (TPSA) is 45.3 Å². The fraction of sp³-hybridized carbons (Fsp3) is 0.286. The normalized spacial score (nSPS) is 15.0. The number of aromatic amines is 1. The van der Waals surface area contributed by atoms with E-state index < -0.39 is 6.10 Å². The number of nitrogens with one attached hydrogen (secondary N) is 1. The van der Waals surface area contributed by atoms with Gasteiger partial charge in [0.15, 0.2) is 6.10 Å². The number of nitrogens with zero attached hydrogens (tertiary/aromatic N) is 1. The molecule has 1 amide bonds. The van der Waals surface area contributed by atoms with Gasteiger partial charge in [-0.25, -0.2) is 0 Å². The van der Waals surface area contributed by atoms with Gasteiger partial charge in [-0.1, -0.05) is 35.9 Å². The van der Waals surface area contributed by atoms with Gasteiger partial charge in [0.2, 0.25) is 0 Å². The zero-order valence-electron chi connectivity index (χ0n) is 14.6. The molecule has 0 spiro atoms. The Balaban J connectivity index is 1.50. The van der Waals surface area contributed by atoms with Gasteiger partial charge in [-0.3, -0.25) is 4.79 Å². The van der Waals surface area contributed by atoms with Crippen molar-refractivity contribution < 1.29 is 9.53 Å². The molecular weight excluding hydrogens is 312 g/mol. The van der Waals surface area contributed by atoms with Crippen LogP contribution in [0.15, 0.2) is 48.5 Å². The molecule has 2 heterocycles. The Labute approximate surface area is 147 Å². The molecule has 0 bridgehead atoms. The molecule has 1 aliphatic rings. The Morgan fingerprint density at radius 1 is 1.16 bits per heavy atom. The van der Waals surface area contributed by atoms with Crippen molar-refractivity contribution in [1.29, 1.82) is 0 Å². The summed E-state index contributed by atoms with van der Waals surface area (Å²) in [6.07, 6.45) is 0.363. The van der Waals surface area contributed by atoms with Gasteiger partial charge in [0, 0.05) is 41.7 Å². The van der Waals surface area contributed by atoms with E-state index >= 15 is 0 Å². The largest absolute Gasteiger partial charge is 0.481 e. The fourth-order valence-corrected chi connectivity index (χ4v) is 3.48. The highest BCUT2D eigenvalue weighted by Gasteiger charge is 2.27. The van der Waals surface area contributed by atoms with Crippen molar-refractivity contribution in [2.45, 2.75) is 32.9 Å². The Kier molecular flexibility index (Phi) is 3.96. The lowest BCUT2D eigenvalue weighted by atomic mass is 10.0. The molecule has 0 aliphatic carbocycles. The highest BCUT2D eigenvalue weighted by atomic mass is 16.5. The smallest absolute Gasteiger partial charge is 0.263 e. The number of hydrogen-bond donors (Lipinski definition) is 1. The average molecular weight is 334 g/mol. The monoisotopic (exact) mass is 334 g/mol. The maximum Gasteiger partial charge on any atom is 0.263 e. The molecule has 128 valence electrons. The van der Waals surface area contributed by atoms with Crippen LogP contribution < -0.4 is 4.74 Å². The van der Waals surface area contributed by atoms with Crippen molar-refractivity contribution >= 4 is 16.8 Å². The van der Waals surface area contributed by atoms with Crippen LogP contribution in [0, 0.1) is 6.92 Å². The Morgan fingerprint density at radius 3 is 2.72 bits per heavy atom. The molecule has 0 radical (unpaired) electrons. The zero-order chi connectivity index (χ0) is 17.4. The molecule has 0 saturated carbocycles. The number of carbonyl (C=O) groups excluding carboxylic acids is 1. The molecule has 1 N–H and O–H groups in total. The average Bonchev–Trinajstić information content (AvgIpc) is 3.01. The molecule has 0 fully saturated rings. The third kappa shape index (κ3) is 3.00. The van der Waals surface area contributed by atoms with Gasteiger partial charge < -0.3 is 14.6 Å². The lowest BCUT2D eigenvalue weighted by Gasteiger charge is -2.29. The van der Waals surface area contributed by atoms with Crippen molar-refractivity contribution in [2.75, 3.05) is 6.54 Å². The van der Waals surface area contributed by atoms with Gasteiger partial charge in [-0.2, -0.15) is 0 Å². The second-order valence-electron chi connectivity index (χ2n) is 6.71. The number of para-hydroxylation sites is 1. The lowest BCUT2D eigenvalue weighted by molar-refractivity contribution is -0.138. The number of benzene rings is 2. The van der Waals surface area contributed by atoms with Crippen molar-refractivity contribution in [1.82, 2.24) is 9.88 Å². The number of aryl methyl sites for hydroxylation is 1. The van der Waals surface area contributed by atoms with E-state index in [0.717, 1.165) is 24.2 Å². The van der Waals surface area contributed by atoms with Gasteiger partial charge in [0.1, 0.15) is 5.75 Å². The number of aromatic nitrogens is 1. The standard InChI is InChI=1S/C21H22N2O2/c1-14-7-9-16(10-8-14)25-15(2)21(24)23-12-11-20-18(13-23)17-5-3-4-6-19(17)22-20/h3-10,15,22H,11-13H2,1-2H3. The SMILES string of the molecule is Cc1ccc(OC(C)C(=O)N2CCc3[nH]c4ccccc4c3C2)cc1. The first-order valence-corrected chi connectivity index (χ1v) is 8.72. The number of fused-ring (bicyclic) bond motifs is 3. The number of amides is 1. The number of rotatable bonds is 3. The third-order valence-corrected chi connectivity index (χ3v) is 4.88. The number of H-pyrrole nitrogens is 1. The summed E-state index contributed by atoms with van der Waals surface area (Å²) in [6, 6.07) is 16.1. The molecule has 3 aromatic rings. The first kappa shape index (κ1) is 15.8. The molecule has 0 saturated heterocycles. The maximum atomic E-state index is 12.8. The first-order valence-electron chi connectivity index (χ1n) is 8.72. The quantitative estimate of drug-likeness (QED) is 0.791. The summed E-state index contributed by atoms with van der Waals surface area (Å²) in [5, 5.41) is 1.21. The van der Waals surface area contributed by atoms with E-state index in [2.05, 4.69) is 17.1 Å². The van der Waals surface area contributed by atoms with Crippen molar-refractivity contribution in [3.63, 3.8) is 0 Å². The molecule has 4 heteroatoms. The fourth-order valence-electron chi connectivity index (χ4n) is 3.48. The predicted octanol–water partition coefficient (Wildman–Crippen LogP) is 3.83. The predicted molar refractivity (Wildman–Crippen MR) is 98.7 cm³/mol. The maximum absolute atomic E-state index is 12.8. The van der Waals surface area contributed by atoms with Crippen LogP contribution in [-0.4, -0.2) is 28.4 Å². The van der Waals surface area contributed by atoms with Crippen LogP contribution >= 0.6 is 0 Å². The molecule has 1 aliphatic heterocycles. The summed E-state index contributed by atoms with van der Waals surface area (Å²) < 4.78 is 5.84. The van der Waals surface area contributed by atoms with E-state index in [1.54, 1.807) is 0 Å². The Morgan fingerprint density at radius 2 is 1.92 bits per heavy atom. The molecule has 1 unspecified atom stereocenters. The van der Waals surface area contributed by atoms with Crippen LogP contribution in [0.1, 0.15) is 23.7 Å². The van der Waals surface area contributed by atoms with Crippen LogP contribution in [0.3, 0.4) is 0 Å². The van der Waals surface area contributed by atoms with Gasteiger partial charge >= 0.3 is 0 Å². The molecule has 2 aromatic carbocycles. The zero-order valence-corrected chi connectivity index (χ0v) is 14.6. The summed E-state index contributed by atoms with van der Waals surface area (Å²) in [4.78, 5) is 18.2. The van der Waals surface area contributed by atoms with Crippen LogP contribution in [0.4, 0.5) is 0 Å². The summed E-state index contributed by atoms with van der Waals surface area (Å²) in [7, 11) is 0. The molecule has 1 aromatic heterocycles. The highest BCUT2D eigenvalue weighted by Crippen LogP contribution is 2.28. The molecule has 25 heavy (non-hydrogen) atoms. The molecular formula is C21H22N2O2. The first-order chi connectivity index (χ1) is 12.1. The number of hydrogen-bond acceptors (Lipinski definition) is 2.